The van der Waals surface area contributed by atoms with Gasteiger partial charge in [0.1, 0.15) is 5.75 Å². The van der Waals surface area contributed by atoms with Crippen LogP contribution in [0.3, 0.4) is 0 Å². The molecular weight excluding hydrogens is 330 g/mol. The van der Waals surface area contributed by atoms with Gasteiger partial charge in [0.2, 0.25) is 0 Å². The normalized spacial score (nSPS) is 22.1. The Kier molecular flexibility index (Phi) is 4.62. The maximum Gasteiger partial charge on any atom is 0.261 e. The van der Waals surface area contributed by atoms with Crippen molar-refractivity contribution in [1.82, 2.24) is 4.90 Å². The smallest absolute Gasteiger partial charge is 0.261 e. The molecule has 24 heavy (non-hydrogen) atoms. The van der Waals surface area contributed by atoms with Crippen molar-refractivity contribution < 1.29 is 22.7 Å². The molecule has 1 heterocycles. The van der Waals surface area contributed by atoms with Crippen molar-refractivity contribution in [3.63, 3.8) is 0 Å². The number of carbonyl (C=O) groups excluding carboxylic acids is 2. The van der Waals surface area contributed by atoms with Crippen LogP contribution >= 0.6 is 0 Å². The fourth-order valence-electron chi connectivity index (χ4n) is 3.06. The van der Waals surface area contributed by atoms with E-state index >= 15 is 0 Å². The summed E-state index contributed by atoms with van der Waals surface area (Å²) in [6.45, 7) is 1.37. The molecule has 0 N–H and O–H groups in total. The molecule has 1 saturated heterocycles. The molecule has 0 unspecified atom stereocenters. The Morgan fingerprint density at radius 1 is 1.12 bits per heavy atom. The number of ketones is 1. The third-order valence-corrected chi connectivity index (χ3v) is 6.20. The van der Waals surface area contributed by atoms with Crippen molar-refractivity contribution in [2.45, 2.75) is 38.3 Å². The molecule has 0 radical (unpaired) electrons. The van der Waals surface area contributed by atoms with E-state index in [9.17, 15) is 18.0 Å². The number of ether oxygens (including phenoxy) is 1. The second-order valence-electron chi connectivity index (χ2n) is 6.46. The van der Waals surface area contributed by atoms with Gasteiger partial charge in [-0.25, -0.2) is 8.42 Å². The Morgan fingerprint density at radius 3 is 2.29 bits per heavy atom. The van der Waals surface area contributed by atoms with Gasteiger partial charge >= 0.3 is 0 Å². The minimum atomic E-state index is -3.03. The van der Waals surface area contributed by atoms with E-state index in [1.807, 2.05) is 0 Å². The minimum absolute atomic E-state index is 0.0278. The second-order valence-corrected chi connectivity index (χ2v) is 8.69. The molecule has 0 bridgehead atoms. The Bertz CT molecular complexity index is 737. The third kappa shape index (κ3) is 3.95. The summed E-state index contributed by atoms with van der Waals surface area (Å²) in [5.74, 6) is 0.530. The van der Waals surface area contributed by atoms with Gasteiger partial charge in [0.15, 0.2) is 22.2 Å². The topological polar surface area (TPSA) is 80.8 Å². The molecule has 1 atom stereocenters. The molecule has 1 aromatic rings. The van der Waals surface area contributed by atoms with Gasteiger partial charge in [-0.3, -0.25) is 9.59 Å². The van der Waals surface area contributed by atoms with Crippen LogP contribution in [0.4, 0.5) is 0 Å². The molecule has 1 aromatic carbocycles. The van der Waals surface area contributed by atoms with Gasteiger partial charge in [0.25, 0.3) is 5.91 Å². The number of sulfone groups is 1. The molecule has 1 saturated carbocycles. The van der Waals surface area contributed by atoms with E-state index in [0.29, 0.717) is 17.7 Å². The second kappa shape index (κ2) is 6.55. The van der Waals surface area contributed by atoms with Crippen LogP contribution in [-0.2, 0) is 14.6 Å². The maximum absolute atomic E-state index is 12.5. The predicted molar refractivity (Wildman–Crippen MR) is 88.9 cm³/mol. The molecule has 6 nitrogen and oxygen atoms in total. The first-order valence-corrected chi connectivity index (χ1v) is 9.93. The van der Waals surface area contributed by atoms with Crippen LogP contribution < -0.4 is 4.74 Å². The zero-order chi connectivity index (χ0) is 17.3. The summed E-state index contributed by atoms with van der Waals surface area (Å²) in [4.78, 5) is 25.5. The van der Waals surface area contributed by atoms with Crippen molar-refractivity contribution >= 4 is 21.5 Å². The summed E-state index contributed by atoms with van der Waals surface area (Å²) < 4.78 is 28.9. The summed E-state index contributed by atoms with van der Waals surface area (Å²) in [6.07, 6.45) is 2.36. The van der Waals surface area contributed by atoms with Crippen LogP contribution in [0, 0.1) is 0 Å². The number of Topliss-reactive ketones (excluding diaryl/α,β-unsaturated/α-hetero) is 1. The van der Waals surface area contributed by atoms with Gasteiger partial charge in [-0.2, -0.15) is 0 Å². The van der Waals surface area contributed by atoms with Crippen molar-refractivity contribution in [2.75, 3.05) is 18.1 Å². The number of hydrogen-bond donors (Lipinski definition) is 0. The van der Waals surface area contributed by atoms with Crippen LogP contribution in [0.1, 0.15) is 36.5 Å². The van der Waals surface area contributed by atoms with Crippen molar-refractivity contribution in [3.05, 3.63) is 29.8 Å². The third-order valence-electron chi connectivity index (χ3n) is 4.45. The lowest BCUT2D eigenvalue weighted by Gasteiger charge is -2.28. The van der Waals surface area contributed by atoms with Gasteiger partial charge in [-0.1, -0.05) is 0 Å². The number of rotatable bonds is 6. The number of hydrogen-bond acceptors (Lipinski definition) is 5. The molecule has 3 rings (SSSR count). The SMILES string of the molecule is CC(=O)c1ccc(OCC(=O)N(C2CC2)[C@@H]2CCS(=O)(=O)C2)cc1. The molecule has 2 aliphatic rings. The largest absolute Gasteiger partial charge is 0.484 e. The highest BCUT2D eigenvalue weighted by atomic mass is 32.2. The summed E-state index contributed by atoms with van der Waals surface area (Å²) in [6, 6.07) is 6.56. The number of nitrogens with zero attached hydrogens (tertiary/aromatic N) is 1. The average Bonchev–Trinajstić information content (AvgIpc) is 3.29. The Hall–Kier alpha value is -1.89. The fourth-order valence-corrected chi connectivity index (χ4v) is 4.77. The first-order valence-electron chi connectivity index (χ1n) is 8.11. The average molecular weight is 351 g/mol. The van der Waals surface area contributed by atoms with Crippen LogP contribution in [-0.4, -0.2) is 55.2 Å². The Morgan fingerprint density at radius 2 is 1.79 bits per heavy atom. The zero-order valence-corrected chi connectivity index (χ0v) is 14.4. The summed E-state index contributed by atoms with van der Waals surface area (Å²) in [5, 5.41) is 0. The van der Waals surface area contributed by atoms with Gasteiger partial charge in [0, 0.05) is 17.6 Å². The molecule has 0 aromatic heterocycles. The van der Waals surface area contributed by atoms with Crippen molar-refractivity contribution in [3.8, 4) is 5.75 Å². The van der Waals surface area contributed by atoms with E-state index in [4.69, 9.17) is 4.74 Å². The summed E-state index contributed by atoms with van der Waals surface area (Å²) in [5.41, 5.74) is 0.587. The molecule has 7 heteroatoms. The Balaban J connectivity index is 1.61. The van der Waals surface area contributed by atoms with Gasteiger partial charge in [-0.05, 0) is 50.5 Å². The minimum Gasteiger partial charge on any atom is -0.484 e. The molecule has 2 fully saturated rings. The zero-order valence-electron chi connectivity index (χ0n) is 13.6. The van der Waals surface area contributed by atoms with Gasteiger partial charge < -0.3 is 9.64 Å². The molecule has 130 valence electrons. The monoisotopic (exact) mass is 351 g/mol. The molecule has 0 spiro atoms. The highest BCUT2D eigenvalue weighted by Crippen LogP contribution is 2.32. The van der Waals surface area contributed by atoms with E-state index in [0.717, 1.165) is 12.8 Å². The van der Waals surface area contributed by atoms with E-state index in [1.165, 1.54) is 6.92 Å². The lowest BCUT2D eigenvalue weighted by atomic mass is 10.1. The van der Waals surface area contributed by atoms with Crippen molar-refractivity contribution in [2.24, 2.45) is 0 Å². The van der Waals surface area contributed by atoms with E-state index < -0.39 is 9.84 Å². The van der Waals surface area contributed by atoms with Gasteiger partial charge in [0.05, 0.1) is 11.5 Å². The van der Waals surface area contributed by atoms with Crippen LogP contribution in [0.2, 0.25) is 0 Å². The van der Waals surface area contributed by atoms with Crippen LogP contribution in [0.15, 0.2) is 24.3 Å². The standard InChI is InChI=1S/C17H21NO5S/c1-12(19)13-2-6-16(7-3-13)23-10-17(20)18(14-4-5-14)15-8-9-24(21,22)11-15/h2-3,6-7,14-15H,4-5,8-11H2,1H3/t15-/m1/s1. The highest BCUT2D eigenvalue weighted by molar-refractivity contribution is 7.91. The summed E-state index contributed by atoms with van der Waals surface area (Å²) >= 11 is 0. The van der Waals surface area contributed by atoms with E-state index in [1.54, 1.807) is 29.2 Å². The van der Waals surface area contributed by atoms with E-state index in [2.05, 4.69) is 0 Å². The highest BCUT2D eigenvalue weighted by Gasteiger charge is 2.42. The first kappa shape index (κ1) is 17.0. The molecule has 1 aliphatic heterocycles. The number of carbonyl (C=O) groups is 2. The molecular formula is C17H21NO5S. The van der Waals surface area contributed by atoms with Crippen LogP contribution in [0.5, 0.6) is 5.75 Å². The van der Waals surface area contributed by atoms with Crippen LogP contribution in [0.25, 0.3) is 0 Å². The quantitative estimate of drug-likeness (QED) is 0.725. The lowest BCUT2D eigenvalue weighted by molar-refractivity contribution is -0.135. The van der Waals surface area contributed by atoms with Gasteiger partial charge in [-0.15, -0.1) is 0 Å². The predicted octanol–water partition coefficient (Wildman–Crippen LogP) is 1.45. The Labute approximate surface area is 141 Å². The maximum atomic E-state index is 12.5. The fraction of sp³-hybridized carbons (Fsp3) is 0.529. The van der Waals surface area contributed by atoms with Crippen molar-refractivity contribution in [1.29, 1.82) is 0 Å². The molecule has 1 aliphatic carbocycles. The molecule has 1 amide bonds. The van der Waals surface area contributed by atoms with E-state index in [-0.39, 0.29) is 41.9 Å². The number of benzene rings is 1. The lowest BCUT2D eigenvalue weighted by Crippen LogP contribution is -2.45. The first-order chi connectivity index (χ1) is 11.4. The number of amides is 1. The summed E-state index contributed by atoms with van der Waals surface area (Å²) in [7, 11) is -3.03.